The molecule has 3 nitrogen and oxygen atoms in total. The molecule has 1 aromatic heterocycles. The number of anilines is 1. The molecular formula is C9H11FN2O. The van der Waals surface area contributed by atoms with Gasteiger partial charge < -0.3 is 10.1 Å². The van der Waals surface area contributed by atoms with Crippen LogP contribution in [-0.2, 0) is 0 Å². The maximum absolute atomic E-state index is 13.1. The van der Waals surface area contributed by atoms with Gasteiger partial charge >= 0.3 is 0 Å². The zero-order chi connectivity index (χ0) is 9.26. The van der Waals surface area contributed by atoms with Crippen molar-refractivity contribution >= 4 is 5.82 Å². The largest absolute Gasteiger partial charge is 0.486 e. The fourth-order valence-corrected chi connectivity index (χ4v) is 1.01. The first-order chi connectivity index (χ1) is 6.29. The molecular weight excluding hydrogens is 171 g/mol. The number of nitrogens with one attached hydrogen (secondary N) is 1. The quantitative estimate of drug-likeness (QED) is 0.724. The van der Waals surface area contributed by atoms with Crippen molar-refractivity contribution in [2.75, 3.05) is 12.4 Å². The highest BCUT2D eigenvalue weighted by atomic mass is 19.1. The van der Waals surface area contributed by atoms with E-state index in [1.807, 2.05) is 0 Å². The number of ether oxygens (including phenoxy) is 1. The molecule has 0 atom stereocenters. The molecule has 0 radical (unpaired) electrons. The second kappa shape index (κ2) is 3.20. The van der Waals surface area contributed by atoms with Gasteiger partial charge in [-0.3, -0.25) is 0 Å². The number of halogens is 1. The van der Waals surface area contributed by atoms with E-state index in [1.54, 1.807) is 19.2 Å². The van der Waals surface area contributed by atoms with Gasteiger partial charge in [0, 0.05) is 7.05 Å². The fraction of sp³-hybridized carbons (Fsp3) is 0.444. The summed E-state index contributed by atoms with van der Waals surface area (Å²) in [7, 11) is 1.70. The number of aromatic nitrogens is 1. The van der Waals surface area contributed by atoms with Crippen molar-refractivity contribution < 1.29 is 9.13 Å². The molecule has 13 heavy (non-hydrogen) atoms. The van der Waals surface area contributed by atoms with Crippen molar-refractivity contribution in [3.8, 4) is 5.75 Å². The third-order valence-electron chi connectivity index (χ3n) is 1.89. The molecule has 70 valence electrons. The van der Waals surface area contributed by atoms with E-state index in [9.17, 15) is 4.39 Å². The number of pyridine rings is 1. The predicted molar refractivity (Wildman–Crippen MR) is 47.4 cm³/mol. The predicted octanol–water partition coefficient (Wildman–Crippen LogP) is 1.80. The molecule has 0 unspecified atom stereocenters. The molecule has 1 aliphatic rings. The molecule has 1 N–H and O–H groups in total. The fourth-order valence-electron chi connectivity index (χ4n) is 1.01. The Morgan fingerprint density at radius 1 is 1.54 bits per heavy atom. The van der Waals surface area contributed by atoms with Crippen molar-refractivity contribution in [1.82, 2.24) is 4.98 Å². The van der Waals surface area contributed by atoms with Crippen LogP contribution in [0, 0.1) is 5.95 Å². The molecule has 0 bridgehead atoms. The Hall–Kier alpha value is -1.32. The summed E-state index contributed by atoms with van der Waals surface area (Å²) in [5.41, 5.74) is 0. The Morgan fingerprint density at radius 2 is 2.31 bits per heavy atom. The highest BCUT2D eigenvalue weighted by Crippen LogP contribution is 2.28. The molecule has 0 aliphatic heterocycles. The van der Waals surface area contributed by atoms with Gasteiger partial charge in [-0.15, -0.1) is 0 Å². The second-order valence-electron chi connectivity index (χ2n) is 3.05. The summed E-state index contributed by atoms with van der Waals surface area (Å²) < 4.78 is 18.4. The number of nitrogens with zero attached hydrogens (tertiary/aromatic N) is 1. The highest BCUT2D eigenvalue weighted by Gasteiger charge is 2.25. The molecule has 1 aromatic rings. The summed E-state index contributed by atoms with van der Waals surface area (Å²) in [6.45, 7) is 0. The van der Waals surface area contributed by atoms with Crippen LogP contribution in [0.2, 0.25) is 0 Å². The maximum atomic E-state index is 13.1. The topological polar surface area (TPSA) is 34.1 Å². The van der Waals surface area contributed by atoms with E-state index in [4.69, 9.17) is 4.74 Å². The van der Waals surface area contributed by atoms with Crippen LogP contribution >= 0.6 is 0 Å². The van der Waals surface area contributed by atoms with Crippen molar-refractivity contribution in [1.29, 1.82) is 0 Å². The summed E-state index contributed by atoms with van der Waals surface area (Å²) >= 11 is 0. The van der Waals surface area contributed by atoms with Crippen LogP contribution in [0.4, 0.5) is 10.2 Å². The first kappa shape index (κ1) is 8.29. The lowest BCUT2D eigenvalue weighted by Crippen LogP contribution is -2.01. The maximum Gasteiger partial charge on any atom is 0.257 e. The zero-order valence-corrected chi connectivity index (χ0v) is 7.38. The molecule has 1 fully saturated rings. The Kier molecular flexibility index (Phi) is 2.04. The molecule has 4 heteroatoms. The van der Waals surface area contributed by atoms with Crippen molar-refractivity contribution in [2.45, 2.75) is 18.9 Å². The third-order valence-corrected chi connectivity index (χ3v) is 1.89. The molecule has 0 saturated heterocycles. The minimum Gasteiger partial charge on any atom is -0.486 e. The van der Waals surface area contributed by atoms with Crippen molar-refractivity contribution in [3.63, 3.8) is 0 Å². The van der Waals surface area contributed by atoms with Crippen molar-refractivity contribution in [2.24, 2.45) is 0 Å². The van der Waals surface area contributed by atoms with E-state index < -0.39 is 5.95 Å². The lowest BCUT2D eigenvalue weighted by Gasteiger charge is -2.05. The minimum absolute atomic E-state index is 0.205. The average molecular weight is 182 g/mol. The minimum atomic E-state index is -0.543. The molecule has 2 rings (SSSR count). The van der Waals surface area contributed by atoms with E-state index in [0.29, 0.717) is 5.82 Å². The molecule has 1 heterocycles. The summed E-state index contributed by atoms with van der Waals surface area (Å²) in [6.07, 6.45) is 2.25. The van der Waals surface area contributed by atoms with Crippen LogP contribution < -0.4 is 10.1 Å². The number of rotatable bonds is 3. The van der Waals surface area contributed by atoms with Gasteiger partial charge in [0.1, 0.15) is 5.82 Å². The SMILES string of the molecule is CNc1ccc(OC2CC2)c(F)n1. The Bertz CT molecular complexity index is 312. The Balaban J connectivity index is 2.15. The van der Waals surface area contributed by atoms with Crippen LogP contribution in [0.3, 0.4) is 0 Å². The van der Waals surface area contributed by atoms with Gasteiger partial charge in [-0.1, -0.05) is 0 Å². The smallest absolute Gasteiger partial charge is 0.257 e. The zero-order valence-electron chi connectivity index (χ0n) is 7.38. The Morgan fingerprint density at radius 3 is 2.85 bits per heavy atom. The lowest BCUT2D eigenvalue weighted by atomic mass is 10.4. The number of hydrogen-bond acceptors (Lipinski definition) is 3. The highest BCUT2D eigenvalue weighted by molar-refractivity contribution is 5.37. The molecule has 0 aromatic carbocycles. The van der Waals surface area contributed by atoms with Crippen LogP contribution in [-0.4, -0.2) is 18.1 Å². The standard InChI is InChI=1S/C9H11FN2O/c1-11-8-5-4-7(9(10)12-8)13-6-2-3-6/h4-6H,2-3H2,1H3,(H,11,12). The molecule has 0 amide bonds. The Labute approximate surface area is 75.9 Å². The normalized spacial score (nSPS) is 15.5. The van der Waals surface area contributed by atoms with Crippen LogP contribution in [0.15, 0.2) is 12.1 Å². The summed E-state index contributed by atoms with van der Waals surface area (Å²) in [5, 5.41) is 2.76. The van der Waals surface area contributed by atoms with E-state index in [0.717, 1.165) is 12.8 Å². The van der Waals surface area contributed by atoms with Crippen LogP contribution in [0.1, 0.15) is 12.8 Å². The third kappa shape index (κ3) is 1.88. The van der Waals surface area contributed by atoms with Gasteiger partial charge in [-0.05, 0) is 25.0 Å². The summed E-state index contributed by atoms with van der Waals surface area (Å²) in [6, 6.07) is 3.30. The average Bonchev–Trinajstić information content (AvgIpc) is 2.92. The summed E-state index contributed by atoms with van der Waals surface area (Å²) in [5.74, 6) is 0.223. The monoisotopic (exact) mass is 182 g/mol. The number of hydrogen-bond donors (Lipinski definition) is 1. The first-order valence-corrected chi connectivity index (χ1v) is 4.30. The van der Waals surface area contributed by atoms with Crippen LogP contribution in [0.5, 0.6) is 5.75 Å². The van der Waals surface area contributed by atoms with Gasteiger partial charge in [-0.2, -0.15) is 9.37 Å². The van der Waals surface area contributed by atoms with Gasteiger partial charge in [-0.25, -0.2) is 0 Å². The van der Waals surface area contributed by atoms with Gasteiger partial charge in [0.15, 0.2) is 5.75 Å². The van der Waals surface area contributed by atoms with Crippen molar-refractivity contribution in [3.05, 3.63) is 18.1 Å². The van der Waals surface area contributed by atoms with E-state index >= 15 is 0 Å². The van der Waals surface area contributed by atoms with Gasteiger partial charge in [0.2, 0.25) is 0 Å². The van der Waals surface area contributed by atoms with Crippen LogP contribution in [0.25, 0.3) is 0 Å². The molecule has 0 spiro atoms. The lowest BCUT2D eigenvalue weighted by molar-refractivity contribution is 0.283. The van der Waals surface area contributed by atoms with E-state index in [1.165, 1.54) is 0 Å². The van der Waals surface area contributed by atoms with E-state index in [-0.39, 0.29) is 11.9 Å². The first-order valence-electron chi connectivity index (χ1n) is 4.30. The second-order valence-corrected chi connectivity index (χ2v) is 3.05. The van der Waals surface area contributed by atoms with Gasteiger partial charge in [0.05, 0.1) is 6.10 Å². The van der Waals surface area contributed by atoms with E-state index in [2.05, 4.69) is 10.3 Å². The van der Waals surface area contributed by atoms with Gasteiger partial charge in [0.25, 0.3) is 5.95 Å². The molecule has 1 aliphatic carbocycles. The molecule has 1 saturated carbocycles. The summed E-state index contributed by atoms with van der Waals surface area (Å²) in [4.78, 5) is 3.67.